The number of carbonyl (C=O) groups is 8. The van der Waals surface area contributed by atoms with E-state index in [1.54, 1.807) is 50.5 Å². The Morgan fingerprint density at radius 2 is 0.661 bits per heavy atom. The molecule has 17 nitrogen and oxygen atoms in total. The number of pyridine rings is 4. The largest absolute Gasteiger partial charge is 0.430 e. The Kier molecular flexibility index (Phi) is 33.8. The molecule has 19 heteroatoms. The normalized spacial score (nSPS) is 16.6. The molecule has 8 aromatic rings. The highest BCUT2D eigenvalue weighted by molar-refractivity contribution is 8.14. The van der Waals surface area contributed by atoms with Crippen LogP contribution in [0.25, 0.3) is 22.3 Å². The molecule has 1 amide bonds. The molecule has 4 aromatic heterocycles. The van der Waals surface area contributed by atoms with Crippen LogP contribution < -0.4 is 0 Å². The molecule has 0 bridgehead atoms. The molecule has 0 saturated carbocycles. The maximum absolute atomic E-state index is 13.7. The Morgan fingerprint density at radius 1 is 0.394 bits per heavy atom. The Balaban J connectivity index is 0.000000177. The summed E-state index contributed by atoms with van der Waals surface area (Å²) in [5.74, 6) is 24.4. The van der Waals surface area contributed by atoms with E-state index in [2.05, 4.69) is 67.3 Å². The number of hydrogen-bond donors (Lipinski definition) is 0. The fourth-order valence-electron chi connectivity index (χ4n) is 16.7. The first-order valence-corrected chi connectivity index (χ1v) is 45.0. The Hall–Kier alpha value is -12.3. The molecule has 4 unspecified atom stereocenters. The highest BCUT2D eigenvalue weighted by Crippen LogP contribution is 2.46. The lowest BCUT2D eigenvalue weighted by atomic mass is 9.89. The van der Waals surface area contributed by atoms with Gasteiger partial charge in [-0.25, -0.2) is 14.4 Å². The van der Waals surface area contributed by atoms with E-state index in [4.69, 9.17) is 18.9 Å². The van der Waals surface area contributed by atoms with E-state index in [0.29, 0.717) is 110 Å². The number of rotatable bonds is 17. The number of allylic oxidation sites excluding steroid dienone is 8. The number of amides is 1. The molecular weight excluding hydrogens is 1620 g/mol. The molecule has 4 aliphatic carbocycles. The molecule has 1 saturated heterocycles. The van der Waals surface area contributed by atoms with Crippen LogP contribution in [0.4, 0.5) is 14.4 Å². The summed E-state index contributed by atoms with van der Waals surface area (Å²) < 4.78 is 23.1. The minimum absolute atomic E-state index is 0.000243. The second kappa shape index (κ2) is 44.3. The van der Waals surface area contributed by atoms with Crippen LogP contribution in [-0.2, 0) is 68.6 Å². The molecule has 0 spiro atoms. The number of ether oxygens (including phenoxy) is 4. The van der Waals surface area contributed by atoms with Gasteiger partial charge < -0.3 is 23.8 Å². The number of carbonyl (C=O) groups excluding carboxylic acids is 8. The average molecular weight is 1740 g/mol. The predicted octanol–water partition coefficient (Wildman–Crippen LogP) is 22.6. The minimum atomic E-state index is -0.662. The maximum atomic E-state index is 13.7. The third-order valence-corrected chi connectivity index (χ3v) is 23.6. The average Bonchev–Trinajstić information content (AvgIpc) is 1.34. The first-order chi connectivity index (χ1) is 60.5. The van der Waals surface area contributed by atoms with Gasteiger partial charge in [-0.2, -0.15) is 0 Å². The zero-order valence-corrected chi connectivity index (χ0v) is 78.5. The number of aromatic nitrogens is 4. The molecule has 1 fully saturated rings. The van der Waals surface area contributed by atoms with Gasteiger partial charge in [0.25, 0.3) is 0 Å². The van der Waals surface area contributed by atoms with Crippen molar-refractivity contribution in [3.8, 4) is 47.4 Å². The van der Waals surface area contributed by atoms with Gasteiger partial charge in [0.1, 0.15) is 23.0 Å². The summed E-state index contributed by atoms with van der Waals surface area (Å²) in [6.07, 6.45) is 13.3. The van der Waals surface area contributed by atoms with Crippen molar-refractivity contribution in [3.05, 3.63) is 281 Å². The number of aryl methyl sites for hydroxylation is 8. The molecule has 1 aliphatic heterocycles. The van der Waals surface area contributed by atoms with E-state index in [0.717, 1.165) is 155 Å². The van der Waals surface area contributed by atoms with Gasteiger partial charge in [-0.05, 0) is 310 Å². The fourth-order valence-corrected chi connectivity index (χ4v) is 17.9. The molecule has 5 heterocycles. The second-order valence-electron chi connectivity index (χ2n) is 34.9. The zero-order chi connectivity index (χ0) is 92.1. The first kappa shape index (κ1) is 96.9. The molecule has 0 radical (unpaired) electrons. The summed E-state index contributed by atoms with van der Waals surface area (Å²) in [6, 6.07) is 38.7. The topological polar surface area (TPSA) is 228 Å². The van der Waals surface area contributed by atoms with Gasteiger partial charge in [-0.3, -0.25) is 43.9 Å². The van der Waals surface area contributed by atoms with Crippen LogP contribution in [0.3, 0.4) is 0 Å². The Labute approximate surface area is 758 Å². The van der Waals surface area contributed by atoms with Crippen LogP contribution >= 0.6 is 23.5 Å². The van der Waals surface area contributed by atoms with Gasteiger partial charge >= 0.3 is 22.7 Å². The molecule has 656 valence electrons. The lowest BCUT2D eigenvalue weighted by Crippen LogP contribution is -2.35. The van der Waals surface area contributed by atoms with Crippen molar-refractivity contribution in [1.82, 2.24) is 24.8 Å². The number of Topliss-reactive ketones (excluding diaryl/α,β-unsaturated/α-hetero) is 4. The number of esters is 1. The second-order valence-corrected chi connectivity index (χ2v) is 38.2. The van der Waals surface area contributed by atoms with E-state index in [1.165, 1.54) is 0 Å². The van der Waals surface area contributed by atoms with E-state index >= 15 is 0 Å². The van der Waals surface area contributed by atoms with Crippen LogP contribution in [0.5, 0.6) is 0 Å². The number of ketones is 4. The monoisotopic (exact) mass is 1740 g/mol. The van der Waals surface area contributed by atoms with Crippen LogP contribution in [0.15, 0.2) is 169 Å². The number of piperidine rings is 1. The van der Waals surface area contributed by atoms with Gasteiger partial charge in [0, 0.05) is 168 Å². The summed E-state index contributed by atoms with van der Waals surface area (Å²) in [5, 5.41) is -0.661. The third-order valence-electron chi connectivity index (χ3n) is 22.0. The van der Waals surface area contributed by atoms with Crippen LogP contribution in [0.2, 0.25) is 0 Å². The van der Waals surface area contributed by atoms with Gasteiger partial charge in [-0.15, -0.1) is 23.7 Å². The highest BCUT2D eigenvalue weighted by Gasteiger charge is 2.43. The standard InChI is InChI=1S/C28H30N2O3.C27H29NO3S.C27H29NO3.C26H27NO3S/c1-4-10-21-15-19(2)25(20(3)16-21)26-24(33-28(32)30-13-8-5-9-14-30)18-22(27(26)31)17-23-11-6-7-12-29-23;1-7-10-19-13-17(2)23(18(3)14-19)24-22(31-26(30)32-27(4,5)6)16-20(25(24)29)15-21-11-8-9-12-28-21;1-7-10-19-13-17(2)23(18(3)14-19)24-22(31-26(30)27(4,5)6)16-20(25(24)29)15-21-11-8-9-12-28-21;1-6-9-19-12-17(4)23(18(5)13-19)24-22(30-26(29)31-16(2)3)15-20(25(24)28)14-21-10-7-8-11-27-21/h6-7,11-12,15-16,22H,5,8-9,13-14,17-18H2,1-3H3;8-9,11-14,20H,15-16H2,1-6H3;8-9,11-14,20H,15-16H2,1-6H3;7-8,10-13,16,20H,14-15H2,1-5H3. The molecule has 4 atom stereocenters. The number of hydrogen-bond acceptors (Lipinski definition) is 18. The maximum Gasteiger partial charge on any atom is 0.414 e. The SMILES string of the molecule is CC#Cc1cc(C)c(C2=C(OC(=O)C(C)(C)C)CC(Cc3ccccn3)C2=O)c(C)c1.CC#Cc1cc(C)c(C2=C(OC(=O)N3CCCCC3)CC(Cc3ccccn3)C2=O)c(C)c1.CC#Cc1cc(C)c(C2=C(OC(=O)SC(C)(C)C)CC(Cc3ccccn3)C2=O)c(C)c1.CC#Cc1cc(C)c(C2=C(OC(=O)SC(C)C)CC(Cc3ccccn3)C2=O)c(C)c1. The first-order valence-electron chi connectivity index (χ1n) is 43.3. The van der Waals surface area contributed by atoms with Crippen molar-refractivity contribution in [2.45, 2.75) is 219 Å². The van der Waals surface area contributed by atoms with Gasteiger partial charge in [0.15, 0.2) is 23.1 Å². The number of thioether (sulfide) groups is 2. The van der Waals surface area contributed by atoms with Crippen molar-refractivity contribution < 1.29 is 57.3 Å². The Morgan fingerprint density at radius 3 is 0.906 bits per heavy atom. The molecule has 127 heavy (non-hydrogen) atoms. The number of benzene rings is 4. The summed E-state index contributed by atoms with van der Waals surface area (Å²) in [7, 11) is 0. The van der Waals surface area contributed by atoms with Gasteiger partial charge in [0.05, 0.1) is 27.7 Å². The van der Waals surface area contributed by atoms with Crippen molar-refractivity contribution in [1.29, 1.82) is 0 Å². The van der Waals surface area contributed by atoms with E-state index in [-0.39, 0.29) is 79.5 Å². The van der Waals surface area contributed by atoms with Crippen molar-refractivity contribution in [2.75, 3.05) is 13.1 Å². The fraction of sp³-hybridized carbons (Fsp3) is 0.370. The molecular formula is C108H115N5O12S2. The van der Waals surface area contributed by atoms with E-state index in [1.807, 2.05) is 239 Å². The van der Waals surface area contributed by atoms with Gasteiger partial charge in [0.2, 0.25) is 0 Å². The third kappa shape index (κ3) is 25.8. The minimum Gasteiger partial charge on any atom is -0.430 e. The number of likely N-dealkylation sites (tertiary alicyclic amines) is 1. The summed E-state index contributed by atoms with van der Waals surface area (Å²) in [6.45, 7) is 39.6. The quantitative estimate of drug-likeness (QED) is 0.0469. The summed E-state index contributed by atoms with van der Waals surface area (Å²) in [5.41, 5.74) is 19.5. The van der Waals surface area contributed by atoms with E-state index in [9.17, 15) is 38.4 Å². The van der Waals surface area contributed by atoms with E-state index < -0.39 is 5.41 Å². The number of nitrogens with zero attached hydrogens (tertiary/aromatic N) is 5. The molecule has 13 rings (SSSR count). The van der Waals surface area contributed by atoms with Crippen molar-refractivity contribution >= 4 is 91.6 Å². The summed E-state index contributed by atoms with van der Waals surface area (Å²) in [4.78, 5) is 124. The van der Waals surface area contributed by atoms with Crippen LogP contribution in [-0.4, -0.2) is 93.7 Å². The molecule has 4 aromatic carbocycles. The van der Waals surface area contributed by atoms with Crippen molar-refractivity contribution in [2.24, 2.45) is 29.1 Å². The van der Waals surface area contributed by atoms with Gasteiger partial charge in [-0.1, -0.05) is 82.6 Å². The molecule has 0 N–H and O–H groups in total. The smallest absolute Gasteiger partial charge is 0.414 e. The zero-order valence-electron chi connectivity index (χ0n) is 76.9. The van der Waals surface area contributed by atoms with Crippen LogP contribution in [0, 0.1) is 132 Å². The predicted molar refractivity (Wildman–Crippen MR) is 506 cm³/mol. The van der Waals surface area contributed by atoms with Crippen molar-refractivity contribution in [3.63, 3.8) is 0 Å². The van der Waals surface area contributed by atoms with Crippen LogP contribution in [0.1, 0.15) is 240 Å². The lowest BCUT2D eigenvalue weighted by Gasteiger charge is -2.26. The lowest BCUT2D eigenvalue weighted by molar-refractivity contribution is -0.148. The molecule has 5 aliphatic rings. The highest BCUT2D eigenvalue weighted by atomic mass is 32.2. The Bertz CT molecular complexity index is 5840. The summed E-state index contributed by atoms with van der Waals surface area (Å²) >= 11 is 2.25.